The van der Waals surface area contributed by atoms with Gasteiger partial charge < -0.3 is 9.64 Å². The summed E-state index contributed by atoms with van der Waals surface area (Å²) in [5, 5.41) is 4.48. The van der Waals surface area contributed by atoms with Gasteiger partial charge in [0.15, 0.2) is 0 Å². The molecule has 0 radical (unpaired) electrons. The molecule has 1 aliphatic heterocycles. The molecule has 0 N–H and O–H groups in total. The number of ether oxygens (including phenoxy) is 1. The van der Waals surface area contributed by atoms with Crippen LogP contribution in [0.15, 0.2) is 24.3 Å². The van der Waals surface area contributed by atoms with Gasteiger partial charge in [-0.15, -0.1) is 0 Å². The molecule has 1 fully saturated rings. The Kier molecular flexibility index (Phi) is 4.83. The fraction of sp³-hybridized carbons (Fsp3) is 0.500. The number of aromatic nitrogens is 3. The van der Waals surface area contributed by atoms with Gasteiger partial charge in [0.2, 0.25) is 5.91 Å². The predicted molar refractivity (Wildman–Crippen MR) is 91.0 cm³/mol. The zero-order valence-corrected chi connectivity index (χ0v) is 14.5. The summed E-state index contributed by atoms with van der Waals surface area (Å²) in [6, 6.07) is 7.90. The van der Waals surface area contributed by atoms with Gasteiger partial charge in [-0.05, 0) is 44.4 Å². The lowest BCUT2D eigenvalue weighted by atomic mass is 10.0. The molecule has 128 valence electrons. The zero-order chi connectivity index (χ0) is 17.1. The maximum atomic E-state index is 12.6. The fourth-order valence-corrected chi connectivity index (χ4v) is 3.29. The second kappa shape index (κ2) is 7.03. The molecule has 1 aromatic heterocycles. The first-order valence-electron chi connectivity index (χ1n) is 8.37. The van der Waals surface area contributed by atoms with Crippen molar-refractivity contribution in [2.24, 2.45) is 0 Å². The number of nitrogens with zero attached hydrogens (tertiary/aromatic N) is 4. The van der Waals surface area contributed by atoms with Crippen LogP contribution in [-0.4, -0.2) is 45.8 Å². The maximum absolute atomic E-state index is 12.6. The summed E-state index contributed by atoms with van der Waals surface area (Å²) >= 11 is 0. The van der Waals surface area contributed by atoms with Crippen molar-refractivity contribution in [3.8, 4) is 5.75 Å². The normalized spacial score (nSPS) is 17.8. The lowest BCUT2D eigenvalue weighted by molar-refractivity contribution is -0.132. The Morgan fingerprint density at radius 1 is 1.29 bits per heavy atom. The Morgan fingerprint density at radius 2 is 2.04 bits per heavy atom. The predicted octanol–water partition coefficient (Wildman–Crippen LogP) is 2.31. The van der Waals surface area contributed by atoms with Gasteiger partial charge in [-0.2, -0.15) is 5.10 Å². The molecule has 0 saturated carbocycles. The molecule has 0 spiro atoms. The topological polar surface area (TPSA) is 60.2 Å². The van der Waals surface area contributed by atoms with Gasteiger partial charge in [-0.1, -0.05) is 12.1 Å². The van der Waals surface area contributed by atoms with E-state index in [0.29, 0.717) is 13.0 Å². The number of amides is 1. The van der Waals surface area contributed by atoms with Crippen molar-refractivity contribution in [3.05, 3.63) is 41.5 Å². The van der Waals surface area contributed by atoms with Gasteiger partial charge in [0.25, 0.3) is 0 Å². The Balaban J connectivity index is 1.65. The molecular formula is C18H24N4O2. The zero-order valence-electron chi connectivity index (χ0n) is 14.5. The van der Waals surface area contributed by atoms with E-state index in [0.717, 1.165) is 42.3 Å². The van der Waals surface area contributed by atoms with Crippen LogP contribution in [0.25, 0.3) is 0 Å². The standard InChI is InChI=1S/C18H24N4O2/c1-13-19-14(2)22(20-13)16-5-4-10-21(12-16)18(23)11-15-6-8-17(24-3)9-7-15/h6-9,16H,4-5,10-12H2,1-3H3/t16-/m1/s1. The van der Waals surface area contributed by atoms with Crippen LogP contribution in [0.2, 0.25) is 0 Å². The number of benzene rings is 1. The molecular weight excluding hydrogens is 304 g/mol. The summed E-state index contributed by atoms with van der Waals surface area (Å²) in [5.74, 6) is 2.68. The molecule has 3 rings (SSSR count). The first kappa shape index (κ1) is 16.5. The molecule has 24 heavy (non-hydrogen) atoms. The first-order valence-corrected chi connectivity index (χ1v) is 8.37. The van der Waals surface area contributed by atoms with Crippen LogP contribution in [-0.2, 0) is 11.2 Å². The van der Waals surface area contributed by atoms with E-state index in [-0.39, 0.29) is 11.9 Å². The van der Waals surface area contributed by atoms with Gasteiger partial charge in [0.1, 0.15) is 17.4 Å². The van der Waals surface area contributed by atoms with E-state index in [2.05, 4.69) is 10.1 Å². The Morgan fingerprint density at radius 3 is 2.67 bits per heavy atom. The van der Waals surface area contributed by atoms with Crippen molar-refractivity contribution in [2.45, 2.75) is 39.2 Å². The minimum Gasteiger partial charge on any atom is -0.497 e. The number of piperidine rings is 1. The number of hydrogen-bond acceptors (Lipinski definition) is 4. The van der Waals surface area contributed by atoms with Gasteiger partial charge in [-0.25, -0.2) is 9.67 Å². The number of aryl methyl sites for hydroxylation is 2. The van der Waals surface area contributed by atoms with E-state index in [4.69, 9.17) is 4.74 Å². The monoisotopic (exact) mass is 328 g/mol. The number of carbonyl (C=O) groups excluding carboxylic acids is 1. The van der Waals surface area contributed by atoms with Crippen LogP contribution < -0.4 is 4.74 Å². The van der Waals surface area contributed by atoms with Crippen LogP contribution in [0, 0.1) is 13.8 Å². The Hall–Kier alpha value is -2.37. The fourth-order valence-electron chi connectivity index (χ4n) is 3.29. The smallest absolute Gasteiger partial charge is 0.227 e. The highest BCUT2D eigenvalue weighted by Crippen LogP contribution is 2.23. The van der Waals surface area contributed by atoms with Crippen LogP contribution in [0.4, 0.5) is 0 Å². The second-order valence-corrected chi connectivity index (χ2v) is 6.31. The Labute approximate surface area is 142 Å². The largest absolute Gasteiger partial charge is 0.497 e. The molecule has 6 heteroatoms. The molecule has 1 amide bonds. The van der Waals surface area contributed by atoms with Crippen molar-refractivity contribution >= 4 is 5.91 Å². The van der Waals surface area contributed by atoms with Crippen molar-refractivity contribution in [1.82, 2.24) is 19.7 Å². The molecule has 2 aromatic rings. The van der Waals surface area contributed by atoms with Gasteiger partial charge >= 0.3 is 0 Å². The minimum atomic E-state index is 0.166. The third-order valence-corrected chi connectivity index (χ3v) is 4.52. The highest BCUT2D eigenvalue weighted by Gasteiger charge is 2.26. The van der Waals surface area contributed by atoms with Crippen molar-refractivity contribution < 1.29 is 9.53 Å². The van der Waals surface area contributed by atoms with Crippen LogP contribution in [0.3, 0.4) is 0 Å². The number of hydrogen-bond donors (Lipinski definition) is 0. The van der Waals surface area contributed by atoms with Crippen molar-refractivity contribution in [1.29, 1.82) is 0 Å². The van der Waals surface area contributed by atoms with Crippen LogP contribution in [0.5, 0.6) is 5.75 Å². The molecule has 1 saturated heterocycles. The number of likely N-dealkylation sites (tertiary alicyclic amines) is 1. The molecule has 1 atom stereocenters. The lowest BCUT2D eigenvalue weighted by Gasteiger charge is -2.33. The SMILES string of the molecule is COc1ccc(CC(=O)N2CCC[C@@H](n3nc(C)nc3C)C2)cc1. The molecule has 0 aliphatic carbocycles. The highest BCUT2D eigenvalue weighted by molar-refractivity contribution is 5.79. The Bertz CT molecular complexity index is 708. The maximum Gasteiger partial charge on any atom is 0.227 e. The molecule has 0 bridgehead atoms. The van der Waals surface area contributed by atoms with E-state index >= 15 is 0 Å². The summed E-state index contributed by atoms with van der Waals surface area (Å²) < 4.78 is 7.13. The van der Waals surface area contributed by atoms with E-state index in [1.165, 1.54) is 0 Å². The van der Waals surface area contributed by atoms with E-state index in [1.807, 2.05) is 47.7 Å². The third-order valence-electron chi connectivity index (χ3n) is 4.52. The number of methoxy groups -OCH3 is 1. The summed E-state index contributed by atoms with van der Waals surface area (Å²) in [6.07, 6.45) is 2.46. The number of carbonyl (C=O) groups is 1. The third kappa shape index (κ3) is 3.58. The van der Waals surface area contributed by atoms with Gasteiger partial charge in [0.05, 0.1) is 19.6 Å². The van der Waals surface area contributed by atoms with E-state index < -0.39 is 0 Å². The molecule has 1 aromatic carbocycles. The minimum absolute atomic E-state index is 0.166. The van der Waals surface area contributed by atoms with Crippen molar-refractivity contribution in [2.75, 3.05) is 20.2 Å². The van der Waals surface area contributed by atoms with E-state index in [1.54, 1.807) is 7.11 Å². The average Bonchev–Trinajstić information content (AvgIpc) is 2.94. The molecule has 2 heterocycles. The average molecular weight is 328 g/mol. The highest BCUT2D eigenvalue weighted by atomic mass is 16.5. The quantitative estimate of drug-likeness (QED) is 0.864. The van der Waals surface area contributed by atoms with Crippen LogP contribution in [0.1, 0.15) is 36.1 Å². The van der Waals surface area contributed by atoms with Gasteiger partial charge in [-0.3, -0.25) is 4.79 Å². The second-order valence-electron chi connectivity index (χ2n) is 6.31. The van der Waals surface area contributed by atoms with Crippen LogP contribution >= 0.6 is 0 Å². The van der Waals surface area contributed by atoms with Crippen molar-refractivity contribution in [3.63, 3.8) is 0 Å². The summed E-state index contributed by atoms with van der Waals surface area (Å²) in [5.41, 5.74) is 1.01. The summed E-state index contributed by atoms with van der Waals surface area (Å²) in [6.45, 7) is 5.40. The molecule has 1 aliphatic rings. The van der Waals surface area contributed by atoms with E-state index in [9.17, 15) is 4.79 Å². The first-order chi connectivity index (χ1) is 11.6. The van der Waals surface area contributed by atoms with Gasteiger partial charge in [0, 0.05) is 13.1 Å². The summed E-state index contributed by atoms with van der Waals surface area (Å²) in [4.78, 5) is 19.0. The lowest BCUT2D eigenvalue weighted by Crippen LogP contribution is -2.41. The molecule has 6 nitrogen and oxygen atoms in total. The number of rotatable bonds is 4. The summed E-state index contributed by atoms with van der Waals surface area (Å²) in [7, 11) is 1.64. The molecule has 0 unspecified atom stereocenters.